The number of ether oxygens (including phenoxy) is 2. The summed E-state index contributed by atoms with van der Waals surface area (Å²) in [6.45, 7) is 2.71. The molecule has 2 atom stereocenters. The molecule has 2 saturated heterocycles. The molecular formula is C24H23NO2. The highest BCUT2D eigenvalue weighted by molar-refractivity contribution is 5.35. The normalized spacial score (nSPS) is 24.0. The van der Waals surface area contributed by atoms with Gasteiger partial charge in [-0.2, -0.15) is 0 Å². The second-order valence-corrected chi connectivity index (χ2v) is 7.34. The Hall–Kier alpha value is -2.46. The van der Waals surface area contributed by atoms with Crippen LogP contribution in [0.5, 0.6) is 0 Å². The SMILES string of the molecule is c1ccc(CN2C[C@@H]3OC(c4ccccc4)(c4ccccc4)O[C@@H]3C2)cc1. The lowest BCUT2D eigenvalue weighted by Gasteiger charge is -2.31. The maximum atomic E-state index is 6.65. The molecule has 3 aromatic carbocycles. The molecule has 3 nitrogen and oxygen atoms in total. The van der Waals surface area contributed by atoms with Crippen LogP contribution in [0.1, 0.15) is 16.7 Å². The molecule has 0 unspecified atom stereocenters. The quantitative estimate of drug-likeness (QED) is 0.699. The maximum Gasteiger partial charge on any atom is 0.223 e. The van der Waals surface area contributed by atoms with Gasteiger partial charge in [0.2, 0.25) is 5.79 Å². The van der Waals surface area contributed by atoms with Crippen LogP contribution < -0.4 is 0 Å². The summed E-state index contributed by atoms with van der Waals surface area (Å²) in [6.07, 6.45) is 0.156. The summed E-state index contributed by atoms with van der Waals surface area (Å²) in [7, 11) is 0. The first-order valence-electron chi connectivity index (χ1n) is 9.56. The fourth-order valence-corrected chi connectivity index (χ4v) is 4.22. The van der Waals surface area contributed by atoms with Gasteiger partial charge < -0.3 is 9.47 Å². The summed E-state index contributed by atoms with van der Waals surface area (Å²) in [5.41, 5.74) is 3.44. The van der Waals surface area contributed by atoms with Crippen molar-refractivity contribution in [3.63, 3.8) is 0 Å². The predicted octanol–water partition coefficient (Wildman–Crippen LogP) is 4.19. The lowest BCUT2D eigenvalue weighted by Crippen LogP contribution is -2.34. The molecule has 0 aliphatic carbocycles. The van der Waals surface area contributed by atoms with Gasteiger partial charge in [0, 0.05) is 30.8 Å². The molecule has 2 aliphatic heterocycles. The van der Waals surface area contributed by atoms with Crippen molar-refractivity contribution in [1.29, 1.82) is 0 Å². The predicted molar refractivity (Wildman–Crippen MR) is 105 cm³/mol. The van der Waals surface area contributed by atoms with Crippen molar-refractivity contribution in [2.75, 3.05) is 13.1 Å². The average molecular weight is 357 g/mol. The second-order valence-electron chi connectivity index (χ2n) is 7.34. The first-order chi connectivity index (χ1) is 13.3. The molecule has 0 spiro atoms. The number of fused-ring (bicyclic) bond motifs is 1. The Morgan fingerprint density at radius 1 is 0.667 bits per heavy atom. The van der Waals surface area contributed by atoms with Crippen molar-refractivity contribution in [2.24, 2.45) is 0 Å². The monoisotopic (exact) mass is 357 g/mol. The minimum absolute atomic E-state index is 0.0779. The highest BCUT2D eigenvalue weighted by atomic mass is 16.8. The molecule has 0 N–H and O–H groups in total. The van der Waals surface area contributed by atoms with E-state index in [0.717, 1.165) is 30.8 Å². The molecule has 2 heterocycles. The first-order valence-corrected chi connectivity index (χ1v) is 9.56. The van der Waals surface area contributed by atoms with Gasteiger partial charge in [-0.25, -0.2) is 0 Å². The largest absolute Gasteiger partial charge is 0.335 e. The summed E-state index contributed by atoms with van der Waals surface area (Å²) in [5.74, 6) is -0.809. The van der Waals surface area contributed by atoms with Gasteiger partial charge in [0.1, 0.15) is 12.2 Å². The molecule has 0 radical (unpaired) electrons. The summed E-state index contributed by atoms with van der Waals surface area (Å²) in [5, 5.41) is 0. The van der Waals surface area contributed by atoms with Crippen LogP contribution in [0.25, 0.3) is 0 Å². The standard InChI is InChI=1S/C24H23NO2/c1-4-10-19(11-5-1)16-25-17-22-23(18-25)27-24(26-22,20-12-6-2-7-13-20)21-14-8-3-9-15-21/h1-15,22-23H,16-18H2/t22-,23+. The van der Waals surface area contributed by atoms with Gasteiger partial charge in [-0.05, 0) is 5.56 Å². The second kappa shape index (κ2) is 6.93. The van der Waals surface area contributed by atoms with Crippen LogP contribution in [0, 0.1) is 0 Å². The van der Waals surface area contributed by atoms with Gasteiger partial charge in [0.25, 0.3) is 0 Å². The number of benzene rings is 3. The number of likely N-dealkylation sites (tertiary alicyclic amines) is 1. The molecular weight excluding hydrogens is 334 g/mol. The van der Waals surface area contributed by atoms with E-state index in [1.54, 1.807) is 0 Å². The van der Waals surface area contributed by atoms with Crippen molar-refractivity contribution in [3.8, 4) is 0 Å². The van der Waals surface area contributed by atoms with E-state index in [4.69, 9.17) is 9.47 Å². The van der Waals surface area contributed by atoms with Crippen LogP contribution in [0.15, 0.2) is 91.0 Å². The third kappa shape index (κ3) is 3.08. The van der Waals surface area contributed by atoms with E-state index in [1.807, 2.05) is 36.4 Å². The first kappa shape index (κ1) is 16.7. The Balaban J connectivity index is 1.40. The van der Waals surface area contributed by atoms with Gasteiger partial charge in [0.05, 0.1) is 0 Å². The van der Waals surface area contributed by atoms with Crippen LogP contribution >= 0.6 is 0 Å². The molecule has 2 aliphatic rings. The van der Waals surface area contributed by atoms with Crippen molar-refractivity contribution in [2.45, 2.75) is 24.5 Å². The lowest BCUT2D eigenvalue weighted by molar-refractivity contribution is -0.160. The molecule has 27 heavy (non-hydrogen) atoms. The highest BCUT2D eigenvalue weighted by Gasteiger charge is 2.53. The fraction of sp³-hybridized carbons (Fsp3) is 0.250. The van der Waals surface area contributed by atoms with E-state index in [1.165, 1.54) is 5.56 Å². The molecule has 136 valence electrons. The Labute approximate surface area is 160 Å². The molecule has 0 amide bonds. The maximum absolute atomic E-state index is 6.65. The fourth-order valence-electron chi connectivity index (χ4n) is 4.22. The molecule has 0 aromatic heterocycles. The lowest BCUT2D eigenvalue weighted by atomic mass is 9.97. The number of hydrogen-bond donors (Lipinski definition) is 0. The third-order valence-corrected chi connectivity index (χ3v) is 5.48. The van der Waals surface area contributed by atoms with E-state index in [-0.39, 0.29) is 12.2 Å². The molecule has 5 rings (SSSR count). The molecule has 0 bridgehead atoms. The molecule has 3 aromatic rings. The van der Waals surface area contributed by atoms with E-state index in [9.17, 15) is 0 Å². The summed E-state index contributed by atoms with van der Waals surface area (Å²) in [4.78, 5) is 2.42. The van der Waals surface area contributed by atoms with Crippen LogP contribution in [-0.4, -0.2) is 30.2 Å². The third-order valence-electron chi connectivity index (χ3n) is 5.48. The zero-order chi connectivity index (χ0) is 18.1. The topological polar surface area (TPSA) is 21.7 Å². The van der Waals surface area contributed by atoms with E-state index >= 15 is 0 Å². The summed E-state index contributed by atoms with van der Waals surface area (Å²) >= 11 is 0. The number of rotatable bonds is 4. The minimum atomic E-state index is -0.809. The van der Waals surface area contributed by atoms with Crippen molar-refractivity contribution < 1.29 is 9.47 Å². The number of nitrogens with zero attached hydrogens (tertiary/aromatic N) is 1. The van der Waals surface area contributed by atoms with Gasteiger partial charge in [-0.3, -0.25) is 4.90 Å². The van der Waals surface area contributed by atoms with Crippen molar-refractivity contribution in [3.05, 3.63) is 108 Å². The average Bonchev–Trinajstić information content (AvgIpc) is 3.27. The highest BCUT2D eigenvalue weighted by Crippen LogP contribution is 2.45. The van der Waals surface area contributed by atoms with Gasteiger partial charge in [0.15, 0.2) is 0 Å². The Morgan fingerprint density at radius 3 is 1.59 bits per heavy atom. The number of hydrogen-bond acceptors (Lipinski definition) is 3. The van der Waals surface area contributed by atoms with Crippen LogP contribution in [0.2, 0.25) is 0 Å². The molecule has 2 fully saturated rings. The summed E-state index contributed by atoms with van der Waals surface area (Å²) < 4.78 is 13.3. The Morgan fingerprint density at radius 2 is 1.11 bits per heavy atom. The Kier molecular flexibility index (Phi) is 4.29. The zero-order valence-corrected chi connectivity index (χ0v) is 15.2. The van der Waals surface area contributed by atoms with Crippen LogP contribution in [0.4, 0.5) is 0 Å². The van der Waals surface area contributed by atoms with E-state index in [2.05, 4.69) is 59.5 Å². The van der Waals surface area contributed by atoms with E-state index in [0.29, 0.717) is 0 Å². The van der Waals surface area contributed by atoms with Gasteiger partial charge >= 0.3 is 0 Å². The van der Waals surface area contributed by atoms with Gasteiger partial charge in [-0.1, -0.05) is 91.0 Å². The zero-order valence-electron chi connectivity index (χ0n) is 15.2. The molecule has 0 saturated carbocycles. The summed E-state index contributed by atoms with van der Waals surface area (Å²) in [6, 6.07) is 31.2. The van der Waals surface area contributed by atoms with Crippen LogP contribution in [0.3, 0.4) is 0 Å². The van der Waals surface area contributed by atoms with Crippen molar-refractivity contribution in [1.82, 2.24) is 4.90 Å². The van der Waals surface area contributed by atoms with Crippen LogP contribution in [-0.2, 0) is 21.8 Å². The minimum Gasteiger partial charge on any atom is -0.335 e. The van der Waals surface area contributed by atoms with Gasteiger partial charge in [-0.15, -0.1) is 0 Å². The molecule has 3 heteroatoms. The Bertz CT molecular complexity index is 827. The van der Waals surface area contributed by atoms with Crippen molar-refractivity contribution >= 4 is 0 Å². The smallest absolute Gasteiger partial charge is 0.223 e. The van der Waals surface area contributed by atoms with E-state index < -0.39 is 5.79 Å².